The molecule has 0 N–H and O–H groups in total. The van der Waals surface area contributed by atoms with Gasteiger partial charge in [-0.05, 0) is 18.0 Å². The molecule has 0 saturated carbocycles. The minimum atomic E-state index is 0.180. The maximum Gasteiger partial charge on any atom is 0.223 e. The van der Waals surface area contributed by atoms with Gasteiger partial charge in [0.15, 0.2) is 0 Å². The van der Waals surface area contributed by atoms with Crippen LogP contribution in [0.25, 0.3) is 0 Å². The minimum absolute atomic E-state index is 0.180. The summed E-state index contributed by atoms with van der Waals surface area (Å²) in [4.78, 5) is 7.88. The molecule has 0 spiro atoms. The van der Waals surface area contributed by atoms with Gasteiger partial charge in [-0.1, -0.05) is 34.5 Å². The molecule has 1 aromatic heterocycles. The Hall–Kier alpha value is 0.140. The molecule has 0 aliphatic carbocycles. The Balaban J connectivity index is 3.01. The van der Waals surface area contributed by atoms with Crippen LogP contribution in [0.4, 0.5) is 0 Å². The average molecular weight is 270 g/mol. The number of hydrogen-bond donors (Lipinski definition) is 0. The Labute approximate surface area is 89.4 Å². The van der Waals surface area contributed by atoms with E-state index in [0.717, 1.165) is 12.0 Å². The van der Waals surface area contributed by atoms with E-state index in [9.17, 15) is 0 Å². The lowest BCUT2D eigenvalue weighted by atomic mass is 10.2. The predicted molar refractivity (Wildman–Crippen MR) is 54.0 cm³/mol. The molecule has 5 heteroatoms. The maximum atomic E-state index is 5.84. The molecular weight excluding hydrogens is 263 g/mol. The Morgan fingerprint density at radius 2 is 2.25 bits per heavy atom. The van der Waals surface area contributed by atoms with Crippen LogP contribution in [0.5, 0.6) is 0 Å². The van der Waals surface area contributed by atoms with Gasteiger partial charge in [-0.2, -0.15) is 0 Å². The van der Waals surface area contributed by atoms with Crippen LogP contribution in [0.2, 0.25) is 10.4 Å². The lowest BCUT2D eigenvalue weighted by molar-refractivity contribution is 0.891. The Morgan fingerprint density at radius 3 is 2.75 bits per heavy atom. The van der Waals surface area contributed by atoms with Crippen LogP contribution in [0.15, 0.2) is 6.20 Å². The monoisotopic (exact) mass is 268 g/mol. The third kappa shape index (κ3) is 2.31. The van der Waals surface area contributed by atoms with Crippen LogP contribution >= 0.6 is 39.1 Å². The summed E-state index contributed by atoms with van der Waals surface area (Å²) in [5.41, 5.74) is 0.878. The van der Waals surface area contributed by atoms with E-state index in [1.54, 1.807) is 6.20 Å². The SMILES string of the molecule is CCC(Br)c1cnc(Cl)nc1Cl. The number of alkyl halides is 1. The topological polar surface area (TPSA) is 25.8 Å². The van der Waals surface area contributed by atoms with Gasteiger partial charge in [0.25, 0.3) is 0 Å². The van der Waals surface area contributed by atoms with E-state index in [0.29, 0.717) is 5.15 Å². The maximum absolute atomic E-state index is 5.84. The molecule has 0 bridgehead atoms. The summed E-state index contributed by atoms with van der Waals surface area (Å²) in [7, 11) is 0. The molecule has 1 atom stereocenters. The largest absolute Gasteiger partial charge is 0.226 e. The summed E-state index contributed by atoms with van der Waals surface area (Å²) in [5, 5.41) is 0.596. The highest BCUT2D eigenvalue weighted by Crippen LogP contribution is 2.30. The second kappa shape index (κ2) is 4.40. The molecule has 1 unspecified atom stereocenters. The zero-order chi connectivity index (χ0) is 9.14. The first-order valence-electron chi connectivity index (χ1n) is 3.47. The molecule has 1 aromatic rings. The molecule has 0 amide bonds. The smallest absolute Gasteiger partial charge is 0.223 e. The first kappa shape index (κ1) is 10.2. The van der Waals surface area contributed by atoms with Gasteiger partial charge in [-0.15, -0.1) is 0 Å². The zero-order valence-corrected chi connectivity index (χ0v) is 9.49. The van der Waals surface area contributed by atoms with Crippen molar-refractivity contribution in [3.05, 3.63) is 22.2 Å². The molecule has 0 fully saturated rings. The Morgan fingerprint density at radius 1 is 1.58 bits per heavy atom. The number of nitrogens with zero attached hydrogens (tertiary/aromatic N) is 2. The van der Waals surface area contributed by atoms with Crippen molar-refractivity contribution < 1.29 is 0 Å². The van der Waals surface area contributed by atoms with Gasteiger partial charge in [0, 0.05) is 16.6 Å². The van der Waals surface area contributed by atoms with Gasteiger partial charge in [0.2, 0.25) is 5.28 Å². The second-order valence-corrected chi connectivity index (χ2v) is 4.06. The average Bonchev–Trinajstić information content (AvgIpc) is 2.03. The van der Waals surface area contributed by atoms with Crippen molar-refractivity contribution in [2.75, 3.05) is 0 Å². The fraction of sp³-hybridized carbons (Fsp3) is 0.429. The van der Waals surface area contributed by atoms with Crippen LogP contribution in [0, 0.1) is 0 Å². The molecule has 0 aliphatic rings. The summed E-state index contributed by atoms with van der Waals surface area (Å²) < 4.78 is 0. The normalized spacial score (nSPS) is 13.0. The van der Waals surface area contributed by atoms with Gasteiger partial charge in [0.05, 0.1) is 0 Å². The van der Waals surface area contributed by atoms with Crippen LogP contribution in [0.3, 0.4) is 0 Å². The van der Waals surface area contributed by atoms with Crippen LogP contribution in [-0.4, -0.2) is 9.97 Å². The van der Waals surface area contributed by atoms with E-state index in [4.69, 9.17) is 23.2 Å². The third-order valence-electron chi connectivity index (χ3n) is 1.43. The molecule has 12 heavy (non-hydrogen) atoms. The molecule has 1 rings (SSSR count). The highest BCUT2D eigenvalue weighted by Gasteiger charge is 2.11. The van der Waals surface area contributed by atoms with E-state index in [-0.39, 0.29) is 10.1 Å². The van der Waals surface area contributed by atoms with E-state index < -0.39 is 0 Å². The summed E-state index contributed by atoms with van der Waals surface area (Å²) >= 11 is 14.8. The fourth-order valence-electron chi connectivity index (χ4n) is 0.781. The molecule has 2 nitrogen and oxygen atoms in total. The van der Waals surface area contributed by atoms with Crippen molar-refractivity contribution >= 4 is 39.1 Å². The third-order valence-corrected chi connectivity index (χ3v) is 3.06. The van der Waals surface area contributed by atoms with Crippen molar-refractivity contribution in [2.45, 2.75) is 18.2 Å². The molecule has 0 saturated heterocycles. The predicted octanol–water partition coefficient (Wildman–Crippen LogP) is 3.63. The van der Waals surface area contributed by atoms with Gasteiger partial charge >= 0.3 is 0 Å². The minimum Gasteiger partial charge on any atom is -0.226 e. The van der Waals surface area contributed by atoms with Crippen LogP contribution < -0.4 is 0 Å². The summed E-state index contributed by atoms with van der Waals surface area (Å²) in [6.07, 6.45) is 2.57. The summed E-state index contributed by atoms with van der Waals surface area (Å²) in [6, 6.07) is 0. The highest BCUT2D eigenvalue weighted by atomic mass is 79.9. The zero-order valence-electron chi connectivity index (χ0n) is 6.39. The fourth-order valence-corrected chi connectivity index (χ4v) is 1.68. The van der Waals surface area contributed by atoms with Gasteiger partial charge in [-0.25, -0.2) is 9.97 Å². The molecule has 66 valence electrons. The quantitative estimate of drug-likeness (QED) is 0.466. The molecular formula is C7H7BrCl2N2. The van der Waals surface area contributed by atoms with E-state index >= 15 is 0 Å². The second-order valence-electron chi connectivity index (χ2n) is 2.26. The molecule has 0 radical (unpaired) electrons. The van der Waals surface area contributed by atoms with E-state index in [2.05, 4.69) is 25.9 Å². The van der Waals surface area contributed by atoms with Crippen molar-refractivity contribution in [3.8, 4) is 0 Å². The summed E-state index contributed by atoms with van der Waals surface area (Å²) in [6.45, 7) is 2.05. The van der Waals surface area contributed by atoms with Gasteiger partial charge in [-0.3, -0.25) is 0 Å². The lowest BCUT2D eigenvalue weighted by Crippen LogP contribution is -1.94. The van der Waals surface area contributed by atoms with Crippen molar-refractivity contribution in [3.63, 3.8) is 0 Å². The van der Waals surface area contributed by atoms with E-state index in [1.807, 2.05) is 6.92 Å². The van der Waals surface area contributed by atoms with Crippen molar-refractivity contribution in [1.82, 2.24) is 9.97 Å². The van der Waals surface area contributed by atoms with Gasteiger partial charge in [0.1, 0.15) is 5.15 Å². The first-order valence-corrected chi connectivity index (χ1v) is 5.14. The Bertz CT molecular complexity index is 280. The van der Waals surface area contributed by atoms with Crippen molar-refractivity contribution in [1.29, 1.82) is 0 Å². The standard InChI is InChI=1S/C7H7BrCl2N2/c1-2-5(8)4-3-11-7(10)12-6(4)9/h3,5H,2H2,1H3. The Kier molecular flexibility index (Phi) is 3.75. The number of halogens is 3. The van der Waals surface area contributed by atoms with Crippen molar-refractivity contribution in [2.24, 2.45) is 0 Å². The molecule has 1 heterocycles. The number of hydrogen-bond acceptors (Lipinski definition) is 2. The van der Waals surface area contributed by atoms with E-state index in [1.165, 1.54) is 0 Å². The van der Waals surface area contributed by atoms with Gasteiger partial charge < -0.3 is 0 Å². The first-order chi connectivity index (χ1) is 5.65. The molecule has 0 aliphatic heterocycles. The summed E-state index contributed by atoms with van der Waals surface area (Å²) in [5.74, 6) is 0. The highest BCUT2D eigenvalue weighted by molar-refractivity contribution is 9.09. The number of rotatable bonds is 2. The molecule has 0 aromatic carbocycles. The van der Waals surface area contributed by atoms with Crippen LogP contribution in [-0.2, 0) is 0 Å². The van der Waals surface area contributed by atoms with Crippen LogP contribution in [0.1, 0.15) is 23.7 Å². The number of aromatic nitrogens is 2. The lowest BCUT2D eigenvalue weighted by Gasteiger charge is -2.07.